The van der Waals surface area contributed by atoms with Crippen molar-refractivity contribution in [3.8, 4) is 5.75 Å². The lowest BCUT2D eigenvalue weighted by Gasteiger charge is -2.10. The molecule has 0 spiro atoms. The monoisotopic (exact) mass is 389 g/mol. The maximum atomic E-state index is 12.4. The maximum absolute atomic E-state index is 12.4. The number of amides is 1. The number of aromatic nitrogens is 1. The van der Waals surface area contributed by atoms with Crippen LogP contribution in [0.4, 0.5) is 5.13 Å². The molecule has 26 heavy (non-hydrogen) atoms. The quantitative estimate of drug-likeness (QED) is 0.790. The van der Waals surface area contributed by atoms with Gasteiger partial charge >= 0.3 is 5.97 Å². The second-order valence-corrected chi connectivity index (χ2v) is 7.23. The fraction of sp³-hybridized carbons (Fsp3) is 0.176. The number of hydrogen-bond donors (Lipinski definition) is 1. The van der Waals surface area contributed by atoms with Gasteiger partial charge in [-0.15, -0.1) is 11.3 Å². The summed E-state index contributed by atoms with van der Waals surface area (Å²) in [5.41, 5.74) is 0.806. The number of thiazole rings is 1. The van der Waals surface area contributed by atoms with Gasteiger partial charge in [-0.2, -0.15) is 4.99 Å². The first-order valence-electron chi connectivity index (χ1n) is 7.59. The SMILES string of the molecule is CC(Oc1ccc(/C=C2/S/C(=N/c3nccs3)N(C)C2=O)cc1)C(=O)O. The summed E-state index contributed by atoms with van der Waals surface area (Å²) >= 11 is 2.69. The minimum absolute atomic E-state index is 0.134. The van der Waals surface area contributed by atoms with E-state index in [9.17, 15) is 9.59 Å². The van der Waals surface area contributed by atoms with E-state index in [2.05, 4.69) is 9.98 Å². The van der Waals surface area contributed by atoms with Crippen LogP contribution in [-0.2, 0) is 9.59 Å². The van der Waals surface area contributed by atoms with Gasteiger partial charge in [0.05, 0.1) is 4.91 Å². The van der Waals surface area contributed by atoms with E-state index in [-0.39, 0.29) is 5.91 Å². The number of amidine groups is 1. The van der Waals surface area contributed by atoms with E-state index in [1.807, 2.05) is 5.38 Å². The number of carbonyl (C=O) groups is 2. The summed E-state index contributed by atoms with van der Waals surface area (Å²) < 4.78 is 5.29. The standard InChI is InChI=1S/C17H15N3O4S2/c1-10(15(22)23)24-12-5-3-11(4-6-12)9-13-14(21)20(2)17(26-13)19-16-18-7-8-25-16/h3-10H,1-2H3,(H,22,23)/b13-9+,19-17+. The first kappa shape index (κ1) is 18.2. The molecular formula is C17H15N3O4S2. The number of thioether (sulfide) groups is 1. The highest BCUT2D eigenvalue weighted by Gasteiger charge is 2.30. The van der Waals surface area contributed by atoms with E-state index in [1.54, 1.807) is 43.6 Å². The van der Waals surface area contributed by atoms with E-state index in [0.29, 0.717) is 21.0 Å². The molecule has 9 heteroatoms. The van der Waals surface area contributed by atoms with Crippen molar-refractivity contribution in [2.45, 2.75) is 13.0 Å². The van der Waals surface area contributed by atoms with E-state index >= 15 is 0 Å². The Kier molecular flexibility index (Phi) is 5.38. The summed E-state index contributed by atoms with van der Waals surface area (Å²) in [4.78, 5) is 33.7. The Morgan fingerprint density at radius 3 is 2.73 bits per heavy atom. The molecule has 2 aromatic rings. The van der Waals surface area contributed by atoms with Crippen LogP contribution < -0.4 is 4.74 Å². The molecule has 1 aromatic carbocycles. The van der Waals surface area contributed by atoms with Gasteiger partial charge in [0.15, 0.2) is 11.3 Å². The Labute approximate surface area is 158 Å². The number of ether oxygens (including phenoxy) is 1. The number of aliphatic carboxylic acids is 1. The average molecular weight is 389 g/mol. The van der Waals surface area contributed by atoms with E-state index < -0.39 is 12.1 Å². The molecule has 134 valence electrons. The maximum Gasteiger partial charge on any atom is 0.344 e. The van der Waals surface area contributed by atoms with Crippen LogP contribution in [0.25, 0.3) is 6.08 Å². The molecule has 0 aliphatic carbocycles. The topological polar surface area (TPSA) is 92.1 Å². The normalized spacial score (nSPS) is 18.5. The van der Waals surface area contributed by atoms with Crippen molar-refractivity contribution in [3.05, 3.63) is 46.3 Å². The molecule has 1 unspecified atom stereocenters. The number of carbonyl (C=O) groups excluding carboxylic acids is 1. The number of aliphatic imine (C=N–C) groups is 1. The van der Waals surface area contributed by atoms with Gasteiger partial charge in [-0.25, -0.2) is 9.78 Å². The average Bonchev–Trinajstić information content (AvgIpc) is 3.21. The molecule has 1 aliphatic heterocycles. The second-order valence-electron chi connectivity index (χ2n) is 5.35. The lowest BCUT2D eigenvalue weighted by Crippen LogP contribution is -2.23. The largest absolute Gasteiger partial charge is 0.479 e. The molecule has 7 nitrogen and oxygen atoms in total. The lowest BCUT2D eigenvalue weighted by atomic mass is 10.2. The minimum Gasteiger partial charge on any atom is -0.479 e. The predicted octanol–water partition coefficient (Wildman–Crippen LogP) is 3.23. The van der Waals surface area contributed by atoms with Gasteiger partial charge in [-0.3, -0.25) is 9.69 Å². The molecule has 1 aliphatic rings. The van der Waals surface area contributed by atoms with Crippen LogP contribution >= 0.6 is 23.1 Å². The Hall–Kier alpha value is -2.65. The summed E-state index contributed by atoms with van der Waals surface area (Å²) in [5.74, 6) is -0.708. The van der Waals surface area contributed by atoms with Crippen LogP contribution in [0.1, 0.15) is 12.5 Å². The third kappa shape index (κ3) is 4.12. The fourth-order valence-corrected chi connectivity index (χ4v) is 3.58. The molecule has 1 fully saturated rings. The third-order valence-electron chi connectivity index (χ3n) is 3.45. The Morgan fingerprint density at radius 1 is 1.38 bits per heavy atom. The first-order valence-corrected chi connectivity index (χ1v) is 9.29. The molecule has 0 bridgehead atoms. The van der Waals surface area contributed by atoms with Gasteiger partial charge < -0.3 is 9.84 Å². The number of benzene rings is 1. The molecular weight excluding hydrogens is 374 g/mol. The Bertz CT molecular complexity index is 876. The van der Waals surface area contributed by atoms with Crippen LogP contribution in [0, 0.1) is 0 Å². The highest BCUT2D eigenvalue weighted by molar-refractivity contribution is 8.18. The zero-order chi connectivity index (χ0) is 18.7. The summed E-state index contributed by atoms with van der Waals surface area (Å²) in [7, 11) is 1.67. The highest BCUT2D eigenvalue weighted by Crippen LogP contribution is 2.33. The van der Waals surface area contributed by atoms with Gasteiger partial charge in [0.2, 0.25) is 5.13 Å². The van der Waals surface area contributed by atoms with E-state index in [4.69, 9.17) is 9.84 Å². The summed E-state index contributed by atoms with van der Waals surface area (Å²) in [6.07, 6.45) is 2.50. The second kappa shape index (κ2) is 7.71. The van der Waals surface area contributed by atoms with Crippen LogP contribution in [0.5, 0.6) is 5.75 Å². The van der Waals surface area contributed by atoms with Crippen LogP contribution in [0.15, 0.2) is 45.7 Å². The Balaban J connectivity index is 1.75. The number of hydrogen-bond acceptors (Lipinski definition) is 7. The van der Waals surface area contributed by atoms with Crippen molar-refractivity contribution in [2.75, 3.05) is 7.05 Å². The van der Waals surface area contributed by atoms with Gasteiger partial charge in [0.1, 0.15) is 5.75 Å². The fourth-order valence-electron chi connectivity index (χ4n) is 2.05. The molecule has 1 saturated heterocycles. The van der Waals surface area contributed by atoms with Crippen molar-refractivity contribution in [1.29, 1.82) is 0 Å². The summed E-state index contributed by atoms with van der Waals surface area (Å²) in [6.45, 7) is 1.46. The van der Waals surface area contributed by atoms with Crippen molar-refractivity contribution in [2.24, 2.45) is 4.99 Å². The zero-order valence-electron chi connectivity index (χ0n) is 13.9. The molecule has 1 N–H and O–H groups in total. The molecule has 0 radical (unpaired) electrons. The van der Waals surface area contributed by atoms with Crippen molar-refractivity contribution in [3.63, 3.8) is 0 Å². The molecule has 1 atom stereocenters. The van der Waals surface area contributed by atoms with E-state index in [0.717, 1.165) is 5.56 Å². The Morgan fingerprint density at radius 2 is 2.12 bits per heavy atom. The van der Waals surface area contributed by atoms with Crippen LogP contribution in [0.3, 0.4) is 0 Å². The third-order valence-corrected chi connectivity index (χ3v) is 5.18. The van der Waals surface area contributed by atoms with Gasteiger partial charge in [-0.1, -0.05) is 12.1 Å². The van der Waals surface area contributed by atoms with Crippen molar-refractivity contribution >= 4 is 51.4 Å². The van der Waals surface area contributed by atoms with Crippen LogP contribution in [0.2, 0.25) is 0 Å². The van der Waals surface area contributed by atoms with Gasteiger partial charge in [-0.05, 0) is 42.5 Å². The zero-order valence-corrected chi connectivity index (χ0v) is 15.6. The molecule has 1 amide bonds. The number of carboxylic acid groups (broad SMARTS) is 1. The van der Waals surface area contributed by atoms with Crippen molar-refractivity contribution < 1.29 is 19.4 Å². The van der Waals surface area contributed by atoms with Gasteiger partial charge in [0, 0.05) is 18.6 Å². The molecule has 2 heterocycles. The number of likely N-dealkylation sites (N-methyl/N-ethyl adjacent to an activating group) is 1. The smallest absolute Gasteiger partial charge is 0.344 e. The number of nitrogens with zero attached hydrogens (tertiary/aromatic N) is 3. The van der Waals surface area contributed by atoms with E-state index in [1.165, 1.54) is 34.9 Å². The molecule has 0 saturated carbocycles. The highest BCUT2D eigenvalue weighted by atomic mass is 32.2. The summed E-state index contributed by atoms with van der Waals surface area (Å²) in [6, 6.07) is 6.87. The number of rotatable bonds is 5. The van der Waals surface area contributed by atoms with Gasteiger partial charge in [0.25, 0.3) is 5.91 Å². The van der Waals surface area contributed by atoms with Crippen molar-refractivity contribution in [1.82, 2.24) is 9.88 Å². The van der Waals surface area contributed by atoms with Crippen LogP contribution in [-0.4, -0.2) is 45.2 Å². The predicted molar refractivity (Wildman–Crippen MR) is 102 cm³/mol. The minimum atomic E-state index is -1.03. The molecule has 3 rings (SSSR count). The summed E-state index contributed by atoms with van der Waals surface area (Å²) in [5, 5.41) is 11.9. The lowest BCUT2D eigenvalue weighted by molar-refractivity contribution is -0.144. The molecule has 1 aromatic heterocycles. The number of carboxylic acids is 1. The first-order chi connectivity index (χ1) is 12.4.